The van der Waals surface area contributed by atoms with E-state index in [1.807, 2.05) is 30.3 Å². The molecule has 3 amide bonds. The third-order valence-corrected chi connectivity index (χ3v) is 5.75. The van der Waals surface area contributed by atoms with Gasteiger partial charge in [-0.2, -0.15) is 0 Å². The largest absolute Gasteiger partial charge is 0.465 e. The monoisotopic (exact) mass is 484 g/mol. The highest BCUT2D eigenvalue weighted by Gasteiger charge is 2.36. The summed E-state index contributed by atoms with van der Waals surface area (Å²) in [5.41, 5.74) is 9.14. The molecule has 0 aliphatic carbocycles. The molecule has 1 unspecified atom stereocenters. The van der Waals surface area contributed by atoms with E-state index >= 15 is 0 Å². The Morgan fingerprint density at radius 1 is 1.00 bits per heavy atom. The summed E-state index contributed by atoms with van der Waals surface area (Å²) in [4.78, 5) is 54.4. The maximum Gasteiger partial charge on any atom is 0.337 e. The Bertz CT molecular complexity index is 1370. The Labute approximate surface area is 207 Å². The molecular weight excluding hydrogens is 460 g/mol. The molecule has 182 valence electrons. The Morgan fingerprint density at radius 2 is 1.69 bits per heavy atom. The Balaban J connectivity index is 1.75. The van der Waals surface area contributed by atoms with Crippen molar-refractivity contribution in [3.8, 4) is 0 Å². The highest BCUT2D eigenvalue weighted by molar-refractivity contribution is 6.24. The zero-order valence-corrected chi connectivity index (χ0v) is 19.7. The first-order valence-electron chi connectivity index (χ1n) is 11.1. The molecule has 36 heavy (non-hydrogen) atoms. The minimum absolute atomic E-state index is 0.236. The van der Waals surface area contributed by atoms with Crippen LogP contribution >= 0.6 is 0 Å². The number of carbonyl (C=O) groups excluding carboxylic acids is 4. The number of esters is 1. The average Bonchev–Trinajstić information content (AvgIpc) is 3.20. The van der Waals surface area contributed by atoms with Crippen LogP contribution in [0.5, 0.6) is 0 Å². The number of aliphatic imine (C=N–C) groups is 1. The van der Waals surface area contributed by atoms with Crippen LogP contribution in [0, 0.1) is 0 Å². The first kappa shape index (κ1) is 24.3. The molecule has 1 heterocycles. The molecule has 0 spiro atoms. The lowest BCUT2D eigenvalue weighted by Gasteiger charge is -2.19. The summed E-state index contributed by atoms with van der Waals surface area (Å²) >= 11 is 0. The highest BCUT2D eigenvalue weighted by Crippen LogP contribution is 2.37. The van der Waals surface area contributed by atoms with Gasteiger partial charge in [0.1, 0.15) is 12.5 Å². The first-order valence-corrected chi connectivity index (χ1v) is 11.1. The van der Waals surface area contributed by atoms with Gasteiger partial charge in [0.15, 0.2) is 0 Å². The van der Waals surface area contributed by atoms with Crippen molar-refractivity contribution >= 4 is 46.5 Å². The number of rotatable bonds is 7. The summed E-state index contributed by atoms with van der Waals surface area (Å²) in [6, 6.07) is 21.0. The van der Waals surface area contributed by atoms with Gasteiger partial charge in [-0.3, -0.25) is 19.4 Å². The maximum absolute atomic E-state index is 13.1. The number of methoxy groups -OCH3 is 1. The van der Waals surface area contributed by atoms with Crippen molar-refractivity contribution in [3.05, 3.63) is 89.5 Å². The van der Waals surface area contributed by atoms with Gasteiger partial charge in [0.25, 0.3) is 0 Å². The number of amides is 3. The van der Waals surface area contributed by atoms with Gasteiger partial charge >= 0.3 is 5.97 Å². The number of nitrogens with one attached hydrogen (secondary N) is 1. The number of nitrogens with zero attached hydrogens (tertiary/aromatic N) is 2. The third kappa shape index (κ3) is 5.00. The lowest BCUT2D eigenvalue weighted by molar-refractivity contribution is -0.121. The molecule has 0 saturated carbocycles. The van der Waals surface area contributed by atoms with E-state index in [4.69, 9.17) is 15.5 Å². The van der Waals surface area contributed by atoms with Crippen LogP contribution in [-0.2, 0) is 19.1 Å². The highest BCUT2D eigenvalue weighted by atomic mass is 16.5. The minimum Gasteiger partial charge on any atom is -0.465 e. The van der Waals surface area contributed by atoms with Crippen molar-refractivity contribution in [1.82, 2.24) is 0 Å². The third-order valence-electron chi connectivity index (χ3n) is 5.75. The van der Waals surface area contributed by atoms with E-state index in [-0.39, 0.29) is 18.4 Å². The van der Waals surface area contributed by atoms with Crippen molar-refractivity contribution in [1.29, 1.82) is 0 Å². The first-order chi connectivity index (χ1) is 17.3. The van der Waals surface area contributed by atoms with E-state index < -0.39 is 17.8 Å². The summed E-state index contributed by atoms with van der Waals surface area (Å²) in [5.74, 6) is -2.42. The number of primary amides is 1. The molecule has 1 atom stereocenters. The van der Waals surface area contributed by atoms with Crippen molar-refractivity contribution in [2.45, 2.75) is 12.8 Å². The Kier molecular flexibility index (Phi) is 6.91. The molecule has 0 aromatic heterocycles. The van der Waals surface area contributed by atoms with Crippen LogP contribution in [0.2, 0.25) is 0 Å². The molecule has 3 aromatic rings. The molecule has 0 saturated heterocycles. The van der Waals surface area contributed by atoms with Gasteiger partial charge in [-0.15, -0.1) is 0 Å². The lowest BCUT2D eigenvalue weighted by atomic mass is 9.90. The number of hydrogen-bond acceptors (Lipinski definition) is 6. The normalized spacial score (nSPS) is 14.6. The fourth-order valence-corrected chi connectivity index (χ4v) is 4.07. The van der Waals surface area contributed by atoms with Gasteiger partial charge in [0, 0.05) is 18.3 Å². The zero-order chi connectivity index (χ0) is 25.8. The molecule has 0 radical (unpaired) electrons. The fraction of sp³-hybridized carbons (Fsp3) is 0.148. The summed E-state index contributed by atoms with van der Waals surface area (Å²) < 4.78 is 4.78. The minimum atomic E-state index is -0.711. The number of anilines is 2. The van der Waals surface area contributed by atoms with Gasteiger partial charge < -0.3 is 20.7 Å². The standard InChI is InChI=1S/C27H24N4O5/c1-16(32)31(15-23(28)33)20-11-9-19(10-12-20)29-25(17-6-4-3-5-7-17)24-21-13-8-18(27(35)36-2)14-22(21)30-26(24)34/h3-14,24H,15H2,1-2H3,(H2,28,33)(H,30,34). The SMILES string of the molecule is COC(=O)c1ccc2c(c1)NC(=O)C2C(=Nc1ccc(N(CC(N)=O)C(C)=O)cc1)c1ccccc1. The molecule has 0 bridgehead atoms. The summed E-state index contributed by atoms with van der Waals surface area (Å²) in [7, 11) is 1.30. The van der Waals surface area contributed by atoms with Crippen LogP contribution < -0.4 is 16.0 Å². The molecule has 1 aliphatic heterocycles. The van der Waals surface area contributed by atoms with E-state index in [0.717, 1.165) is 5.56 Å². The molecular formula is C27H24N4O5. The zero-order valence-electron chi connectivity index (χ0n) is 19.7. The number of ether oxygens (including phenoxy) is 1. The summed E-state index contributed by atoms with van der Waals surface area (Å²) in [6.45, 7) is 1.12. The number of carbonyl (C=O) groups is 4. The van der Waals surface area contributed by atoms with Crippen LogP contribution in [-0.4, -0.2) is 43.1 Å². The van der Waals surface area contributed by atoms with Gasteiger partial charge in [0.2, 0.25) is 17.7 Å². The van der Waals surface area contributed by atoms with Gasteiger partial charge in [0.05, 0.1) is 24.1 Å². The molecule has 3 aromatic carbocycles. The van der Waals surface area contributed by atoms with Crippen LogP contribution in [0.4, 0.5) is 17.1 Å². The molecule has 0 fully saturated rings. The number of fused-ring (bicyclic) bond motifs is 1. The van der Waals surface area contributed by atoms with E-state index in [0.29, 0.717) is 33.9 Å². The second-order valence-corrected chi connectivity index (χ2v) is 8.17. The number of hydrogen-bond donors (Lipinski definition) is 2. The Hall–Kier alpha value is -4.79. The Morgan fingerprint density at radius 3 is 2.31 bits per heavy atom. The predicted octanol–water partition coefficient (Wildman–Crippen LogP) is 3.17. The smallest absolute Gasteiger partial charge is 0.337 e. The summed E-state index contributed by atoms with van der Waals surface area (Å²) in [6.07, 6.45) is 0. The topological polar surface area (TPSA) is 131 Å². The molecule has 9 nitrogen and oxygen atoms in total. The molecule has 3 N–H and O–H groups in total. The molecule has 4 rings (SSSR count). The summed E-state index contributed by atoms with van der Waals surface area (Å²) in [5, 5.41) is 2.84. The van der Waals surface area contributed by atoms with Crippen molar-refractivity contribution in [3.63, 3.8) is 0 Å². The van der Waals surface area contributed by atoms with Gasteiger partial charge in [-0.1, -0.05) is 36.4 Å². The van der Waals surface area contributed by atoms with Crippen molar-refractivity contribution < 1.29 is 23.9 Å². The van der Waals surface area contributed by atoms with Crippen molar-refractivity contribution in [2.24, 2.45) is 10.7 Å². The number of benzene rings is 3. The second kappa shape index (κ2) is 10.2. The van der Waals surface area contributed by atoms with Gasteiger partial charge in [-0.05, 0) is 47.5 Å². The molecule has 9 heteroatoms. The maximum atomic E-state index is 13.1. The van der Waals surface area contributed by atoms with E-state index in [2.05, 4.69) is 5.32 Å². The van der Waals surface area contributed by atoms with E-state index in [1.165, 1.54) is 18.9 Å². The average molecular weight is 485 g/mol. The van der Waals surface area contributed by atoms with Gasteiger partial charge in [-0.25, -0.2) is 4.79 Å². The van der Waals surface area contributed by atoms with Crippen LogP contribution in [0.15, 0.2) is 77.8 Å². The fourth-order valence-electron chi connectivity index (χ4n) is 4.07. The van der Waals surface area contributed by atoms with Crippen LogP contribution in [0.25, 0.3) is 0 Å². The predicted molar refractivity (Wildman–Crippen MR) is 135 cm³/mol. The lowest BCUT2D eigenvalue weighted by Crippen LogP contribution is -2.37. The number of nitrogens with two attached hydrogens (primary N) is 1. The molecule has 1 aliphatic rings. The van der Waals surface area contributed by atoms with E-state index in [1.54, 1.807) is 42.5 Å². The van der Waals surface area contributed by atoms with E-state index in [9.17, 15) is 19.2 Å². The second-order valence-electron chi connectivity index (χ2n) is 8.17. The van der Waals surface area contributed by atoms with Crippen LogP contribution in [0.3, 0.4) is 0 Å². The van der Waals surface area contributed by atoms with Crippen molar-refractivity contribution in [2.75, 3.05) is 23.9 Å². The van der Waals surface area contributed by atoms with Crippen LogP contribution in [0.1, 0.15) is 34.3 Å². The quantitative estimate of drug-likeness (QED) is 0.393.